The van der Waals surface area contributed by atoms with Gasteiger partial charge in [-0.05, 0) is 12.1 Å². The van der Waals surface area contributed by atoms with E-state index in [0.717, 1.165) is 0 Å². The summed E-state index contributed by atoms with van der Waals surface area (Å²) in [5.74, 6) is -0.0688. The molecule has 5 nitrogen and oxygen atoms in total. The van der Waals surface area contributed by atoms with E-state index in [9.17, 15) is 4.79 Å². The second-order valence-electron chi connectivity index (χ2n) is 3.29. The first-order valence-corrected chi connectivity index (χ1v) is 5.03. The fraction of sp³-hybridized carbons (Fsp3) is 0.182. The molecule has 0 unspecified atom stereocenters. The summed E-state index contributed by atoms with van der Waals surface area (Å²) in [6.07, 6.45) is 3.37. The second-order valence-corrected chi connectivity index (χ2v) is 3.29. The number of nitrogens with one attached hydrogen (secondary N) is 1. The van der Waals surface area contributed by atoms with Crippen LogP contribution < -0.4 is 5.32 Å². The summed E-state index contributed by atoms with van der Waals surface area (Å²) in [4.78, 5) is 11.6. The van der Waals surface area contributed by atoms with Crippen molar-refractivity contribution in [2.45, 2.75) is 6.54 Å². The molecule has 0 spiro atoms. The second kappa shape index (κ2) is 5.06. The largest absolute Gasteiger partial charge is 0.350 e. The van der Waals surface area contributed by atoms with Gasteiger partial charge in [-0.15, -0.1) is 5.10 Å². The number of amides is 1. The molecule has 5 heteroatoms. The van der Waals surface area contributed by atoms with Crippen LogP contribution >= 0.6 is 0 Å². The van der Waals surface area contributed by atoms with Gasteiger partial charge in [0, 0.05) is 18.3 Å². The third-order valence-electron chi connectivity index (χ3n) is 2.13. The Balaban J connectivity index is 1.81. The minimum Gasteiger partial charge on any atom is -0.350 e. The number of hydrogen-bond donors (Lipinski definition) is 1. The smallest absolute Gasteiger partial charge is 0.251 e. The van der Waals surface area contributed by atoms with Crippen LogP contribution in [-0.4, -0.2) is 27.4 Å². The lowest BCUT2D eigenvalue weighted by molar-refractivity contribution is 0.0952. The van der Waals surface area contributed by atoms with E-state index < -0.39 is 0 Å². The average Bonchev–Trinajstić information content (AvgIpc) is 2.83. The highest BCUT2D eigenvalue weighted by Gasteiger charge is 2.02. The molecular formula is C11H12N4O. The summed E-state index contributed by atoms with van der Waals surface area (Å²) < 4.78 is 1.67. The van der Waals surface area contributed by atoms with Crippen molar-refractivity contribution in [3.63, 3.8) is 0 Å². The number of rotatable bonds is 4. The Morgan fingerprint density at radius 2 is 2.12 bits per heavy atom. The van der Waals surface area contributed by atoms with E-state index >= 15 is 0 Å². The van der Waals surface area contributed by atoms with Gasteiger partial charge in [-0.2, -0.15) is 0 Å². The molecule has 0 bridgehead atoms. The SMILES string of the molecule is O=C(NCCn1ccnn1)c1ccccc1. The summed E-state index contributed by atoms with van der Waals surface area (Å²) in [5, 5.41) is 10.3. The molecule has 0 atom stereocenters. The maximum Gasteiger partial charge on any atom is 0.251 e. The lowest BCUT2D eigenvalue weighted by Crippen LogP contribution is -2.27. The highest BCUT2D eigenvalue weighted by atomic mass is 16.1. The van der Waals surface area contributed by atoms with Crippen molar-refractivity contribution in [2.24, 2.45) is 0 Å². The topological polar surface area (TPSA) is 59.8 Å². The zero-order valence-electron chi connectivity index (χ0n) is 8.71. The van der Waals surface area contributed by atoms with Gasteiger partial charge in [0.05, 0.1) is 12.7 Å². The summed E-state index contributed by atoms with van der Waals surface area (Å²) >= 11 is 0. The zero-order valence-corrected chi connectivity index (χ0v) is 8.71. The van der Waals surface area contributed by atoms with Gasteiger partial charge < -0.3 is 5.32 Å². The molecule has 0 aliphatic rings. The van der Waals surface area contributed by atoms with Crippen LogP contribution in [-0.2, 0) is 6.54 Å². The van der Waals surface area contributed by atoms with Crippen LogP contribution in [0.15, 0.2) is 42.7 Å². The minimum atomic E-state index is -0.0688. The van der Waals surface area contributed by atoms with Crippen LogP contribution in [0.5, 0.6) is 0 Å². The summed E-state index contributed by atoms with van der Waals surface area (Å²) in [7, 11) is 0. The number of aromatic nitrogens is 3. The van der Waals surface area contributed by atoms with Crippen molar-refractivity contribution in [1.82, 2.24) is 20.3 Å². The van der Waals surface area contributed by atoms with E-state index in [4.69, 9.17) is 0 Å². The summed E-state index contributed by atoms with van der Waals surface area (Å²) in [6, 6.07) is 9.13. The predicted molar refractivity (Wildman–Crippen MR) is 58.8 cm³/mol. The lowest BCUT2D eigenvalue weighted by atomic mass is 10.2. The molecule has 1 aromatic heterocycles. The van der Waals surface area contributed by atoms with Gasteiger partial charge in [-0.1, -0.05) is 23.4 Å². The normalized spacial score (nSPS) is 10.0. The average molecular weight is 216 g/mol. The Hall–Kier alpha value is -2.17. The lowest BCUT2D eigenvalue weighted by Gasteiger charge is -2.04. The van der Waals surface area contributed by atoms with Gasteiger partial charge >= 0.3 is 0 Å². The third-order valence-corrected chi connectivity index (χ3v) is 2.13. The Kier molecular flexibility index (Phi) is 3.28. The first-order chi connectivity index (χ1) is 7.86. The maximum atomic E-state index is 11.6. The van der Waals surface area contributed by atoms with Crippen LogP contribution in [0, 0.1) is 0 Å². The van der Waals surface area contributed by atoms with Gasteiger partial charge in [0.25, 0.3) is 5.91 Å². The number of carbonyl (C=O) groups excluding carboxylic acids is 1. The van der Waals surface area contributed by atoms with Crippen LogP contribution in [0.2, 0.25) is 0 Å². The van der Waals surface area contributed by atoms with E-state index in [2.05, 4.69) is 15.6 Å². The molecule has 0 saturated carbocycles. The van der Waals surface area contributed by atoms with E-state index in [1.165, 1.54) is 0 Å². The van der Waals surface area contributed by atoms with E-state index in [0.29, 0.717) is 18.7 Å². The molecule has 0 radical (unpaired) electrons. The molecule has 0 aliphatic heterocycles. The number of benzene rings is 1. The molecule has 82 valence electrons. The molecule has 1 aromatic carbocycles. The maximum absolute atomic E-state index is 11.6. The molecular weight excluding hydrogens is 204 g/mol. The number of nitrogens with zero attached hydrogens (tertiary/aromatic N) is 3. The first kappa shape index (κ1) is 10.4. The predicted octanol–water partition coefficient (Wildman–Crippen LogP) is 0.708. The van der Waals surface area contributed by atoms with Crippen molar-refractivity contribution in [3.05, 3.63) is 48.3 Å². The zero-order chi connectivity index (χ0) is 11.2. The van der Waals surface area contributed by atoms with Crippen molar-refractivity contribution >= 4 is 5.91 Å². The highest BCUT2D eigenvalue weighted by molar-refractivity contribution is 5.94. The van der Waals surface area contributed by atoms with Crippen LogP contribution in [0.4, 0.5) is 0 Å². The molecule has 2 aromatic rings. The standard InChI is InChI=1S/C11H12N4O/c16-11(10-4-2-1-3-5-10)12-6-8-15-9-7-13-14-15/h1-5,7,9H,6,8H2,(H,12,16). The van der Waals surface area contributed by atoms with Crippen molar-refractivity contribution in [3.8, 4) is 0 Å². The molecule has 1 N–H and O–H groups in total. The van der Waals surface area contributed by atoms with Crippen LogP contribution in [0.3, 0.4) is 0 Å². The third kappa shape index (κ3) is 2.66. The Labute approximate surface area is 93.1 Å². The van der Waals surface area contributed by atoms with Crippen molar-refractivity contribution < 1.29 is 4.79 Å². The molecule has 2 rings (SSSR count). The summed E-state index contributed by atoms with van der Waals surface area (Å²) in [5.41, 5.74) is 0.668. The summed E-state index contributed by atoms with van der Waals surface area (Å²) in [6.45, 7) is 1.16. The van der Waals surface area contributed by atoms with Gasteiger partial charge in [0.15, 0.2) is 0 Å². The van der Waals surface area contributed by atoms with Gasteiger partial charge in [0.1, 0.15) is 0 Å². The molecule has 16 heavy (non-hydrogen) atoms. The van der Waals surface area contributed by atoms with E-state index in [-0.39, 0.29) is 5.91 Å². The Morgan fingerprint density at radius 3 is 2.81 bits per heavy atom. The van der Waals surface area contributed by atoms with Gasteiger partial charge in [-0.3, -0.25) is 9.48 Å². The quantitative estimate of drug-likeness (QED) is 0.818. The van der Waals surface area contributed by atoms with Crippen LogP contribution in [0.25, 0.3) is 0 Å². The van der Waals surface area contributed by atoms with E-state index in [1.807, 2.05) is 18.2 Å². The van der Waals surface area contributed by atoms with Crippen molar-refractivity contribution in [1.29, 1.82) is 0 Å². The number of carbonyl (C=O) groups is 1. The first-order valence-electron chi connectivity index (χ1n) is 5.03. The molecule has 0 saturated heterocycles. The Morgan fingerprint density at radius 1 is 1.31 bits per heavy atom. The fourth-order valence-corrected chi connectivity index (χ4v) is 1.33. The molecule has 1 amide bonds. The van der Waals surface area contributed by atoms with Crippen molar-refractivity contribution in [2.75, 3.05) is 6.54 Å². The Bertz CT molecular complexity index is 438. The van der Waals surface area contributed by atoms with Gasteiger partial charge in [-0.25, -0.2) is 0 Å². The number of hydrogen-bond acceptors (Lipinski definition) is 3. The molecule has 1 heterocycles. The van der Waals surface area contributed by atoms with Crippen LogP contribution in [0.1, 0.15) is 10.4 Å². The van der Waals surface area contributed by atoms with E-state index in [1.54, 1.807) is 29.2 Å². The minimum absolute atomic E-state index is 0.0688. The van der Waals surface area contributed by atoms with Gasteiger partial charge in [0.2, 0.25) is 0 Å². The molecule has 0 fully saturated rings. The monoisotopic (exact) mass is 216 g/mol. The fourth-order valence-electron chi connectivity index (χ4n) is 1.33. The molecule has 0 aliphatic carbocycles. The highest BCUT2D eigenvalue weighted by Crippen LogP contribution is 1.97.